The van der Waals surface area contributed by atoms with Gasteiger partial charge in [0.05, 0.1) is 11.7 Å². The first-order valence-corrected chi connectivity index (χ1v) is 8.83. The van der Waals surface area contributed by atoms with Crippen molar-refractivity contribution in [2.75, 3.05) is 19.6 Å². The van der Waals surface area contributed by atoms with Crippen molar-refractivity contribution in [2.45, 2.75) is 45.7 Å². The number of nitrogens with one attached hydrogen (secondary N) is 2. The lowest BCUT2D eigenvalue weighted by Gasteiger charge is -2.32. The van der Waals surface area contributed by atoms with E-state index in [0.29, 0.717) is 0 Å². The third-order valence-corrected chi connectivity index (χ3v) is 4.61. The Bertz CT molecular complexity index is 550. The summed E-state index contributed by atoms with van der Waals surface area (Å²) >= 11 is 0. The van der Waals surface area contributed by atoms with Crippen LogP contribution in [0, 0.1) is 12.8 Å². The lowest BCUT2D eigenvalue weighted by atomic mass is 9.97. The van der Waals surface area contributed by atoms with Gasteiger partial charge in [0.1, 0.15) is 0 Å². The Morgan fingerprint density at radius 2 is 2.17 bits per heavy atom. The molecule has 2 heterocycles. The smallest absolute Gasteiger partial charge is 0.315 e. The summed E-state index contributed by atoms with van der Waals surface area (Å²) in [5.41, 5.74) is 2.05. The number of hydrogen-bond donors (Lipinski definition) is 2. The highest BCUT2D eigenvalue weighted by atomic mass is 16.2. The molecule has 2 amide bonds. The summed E-state index contributed by atoms with van der Waals surface area (Å²) < 4.78 is 0. The molecule has 1 aromatic heterocycles. The van der Waals surface area contributed by atoms with Gasteiger partial charge in [-0.1, -0.05) is 26.0 Å². The molecule has 1 unspecified atom stereocenters. The number of aryl methyl sites for hydroxylation is 1. The third kappa shape index (κ3) is 5.06. The molecule has 2 rings (SSSR count). The van der Waals surface area contributed by atoms with Crippen molar-refractivity contribution in [3.05, 3.63) is 42.2 Å². The molecule has 1 fully saturated rings. The van der Waals surface area contributed by atoms with Crippen LogP contribution in [-0.2, 0) is 0 Å². The average molecular weight is 330 g/mol. The molecule has 0 aliphatic carbocycles. The minimum atomic E-state index is -0.0964. The predicted molar refractivity (Wildman–Crippen MR) is 97.9 cm³/mol. The predicted octanol–water partition coefficient (Wildman–Crippen LogP) is 3.04. The number of likely N-dealkylation sites (tertiary alicyclic amines) is 1. The summed E-state index contributed by atoms with van der Waals surface area (Å²) in [6.07, 6.45) is 5.68. The van der Waals surface area contributed by atoms with Crippen LogP contribution in [0.2, 0.25) is 0 Å². The zero-order valence-electron chi connectivity index (χ0n) is 15.1. The van der Waals surface area contributed by atoms with Gasteiger partial charge in [-0.2, -0.15) is 0 Å². The van der Waals surface area contributed by atoms with E-state index in [9.17, 15) is 4.79 Å². The van der Waals surface area contributed by atoms with E-state index in [-0.39, 0.29) is 24.0 Å². The normalized spacial score (nSPS) is 17.5. The molecule has 1 aliphatic heterocycles. The SMILES string of the molecule is C=CCN1CCC(NC(=O)NC(c2ncccc2C)C(C)C)CC1. The van der Waals surface area contributed by atoms with Crippen molar-refractivity contribution < 1.29 is 4.79 Å². The van der Waals surface area contributed by atoms with Crippen LogP contribution in [0.25, 0.3) is 0 Å². The van der Waals surface area contributed by atoms with Gasteiger partial charge in [-0.15, -0.1) is 6.58 Å². The Hall–Kier alpha value is -1.88. The first kappa shape index (κ1) is 18.5. The summed E-state index contributed by atoms with van der Waals surface area (Å²) in [5, 5.41) is 6.24. The van der Waals surface area contributed by atoms with Crippen LogP contribution in [0.3, 0.4) is 0 Å². The molecule has 1 aliphatic rings. The highest BCUT2D eigenvalue weighted by molar-refractivity contribution is 5.74. The maximum Gasteiger partial charge on any atom is 0.315 e. The second kappa shape index (κ2) is 8.83. The number of rotatable bonds is 6. The zero-order chi connectivity index (χ0) is 17.5. The van der Waals surface area contributed by atoms with Crippen molar-refractivity contribution in [1.82, 2.24) is 20.5 Å². The molecule has 132 valence electrons. The zero-order valence-corrected chi connectivity index (χ0v) is 15.1. The van der Waals surface area contributed by atoms with E-state index in [1.54, 1.807) is 6.20 Å². The summed E-state index contributed by atoms with van der Waals surface area (Å²) in [5.74, 6) is 0.277. The van der Waals surface area contributed by atoms with E-state index < -0.39 is 0 Å². The van der Waals surface area contributed by atoms with E-state index in [4.69, 9.17) is 0 Å². The fraction of sp³-hybridized carbons (Fsp3) is 0.579. The molecule has 0 aromatic carbocycles. The van der Waals surface area contributed by atoms with E-state index >= 15 is 0 Å². The minimum Gasteiger partial charge on any atom is -0.335 e. The Labute approximate surface area is 145 Å². The average Bonchev–Trinajstić information content (AvgIpc) is 2.55. The maximum atomic E-state index is 12.4. The van der Waals surface area contributed by atoms with Gasteiger partial charge in [0.25, 0.3) is 0 Å². The molecule has 0 saturated carbocycles. The minimum absolute atomic E-state index is 0.0768. The van der Waals surface area contributed by atoms with Gasteiger partial charge >= 0.3 is 6.03 Å². The molecule has 1 atom stereocenters. The first-order chi connectivity index (χ1) is 11.5. The molecular formula is C19H30N4O. The largest absolute Gasteiger partial charge is 0.335 e. The quantitative estimate of drug-likeness (QED) is 0.788. The fourth-order valence-corrected chi connectivity index (χ4v) is 3.18. The summed E-state index contributed by atoms with van der Waals surface area (Å²) in [6, 6.07) is 4.02. The Morgan fingerprint density at radius 1 is 1.46 bits per heavy atom. The summed E-state index contributed by atoms with van der Waals surface area (Å²) in [6.45, 7) is 13.0. The highest BCUT2D eigenvalue weighted by Gasteiger charge is 2.24. The number of hydrogen-bond acceptors (Lipinski definition) is 3. The van der Waals surface area contributed by atoms with Crippen LogP contribution in [-0.4, -0.2) is 41.6 Å². The number of nitrogens with zero attached hydrogens (tertiary/aromatic N) is 2. The van der Waals surface area contributed by atoms with Crippen LogP contribution in [0.1, 0.15) is 44.0 Å². The van der Waals surface area contributed by atoms with Gasteiger partial charge in [0.15, 0.2) is 0 Å². The van der Waals surface area contributed by atoms with Crippen molar-refractivity contribution in [3.8, 4) is 0 Å². The second-order valence-electron chi connectivity index (χ2n) is 6.91. The third-order valence-electron chi connectivity index (χ3n) is 4.61. The van der Waals surface area contributed by atoms with Crippen LogP contribution in [0.15, 0.2) is 31.0 Å². The molecule has 24 heavy (non-hydrogen) atoms. The summed E-state index contributed by atoms with van der Waals surface area (Å²) in [4.78, 5) is 19.3. The van der Waals surface area contributed by atoms with Crippen LogP contribution < -0.4 is 10.6 Å². The molecule has 5 heteroatoms. The maximum absolute atomic E-state index is 12.4. The van der Waals surface area contributed by atoms with Crippen molar-refractivity contribution in [3.63, 3.8) is 0 Å². The van der Waals surface area contributed by atoms with E-state index in [2.05, 4.69) is 40.9 Å². The Kier molecular flexibility index (Phi) is 6.79. The van der Waals surface area contributed by atoms with Crippen LogP contribution in [0.5, 0.6) is 0 Å². The molecule has 0 bridgehead atoms. The highest BCUT2D eigenvalue weighted by Crippen LogP contribution is 2.22. The van der Waals surface area contributed by atoms with E-state index in [0.717, 1.165) is 43.7 Å². The second-order valence-corrected chi connectivity index (χ2v) is 6.91. The van der Waals surface area contributed by atoms with Crippen molar-refractivity contribution in [2.24, 2.45) is 5.92 Å². The number of pyridine rings is 1. The number of carbonyl (C=O) groups is 1. The number of amides is 2. The molecule has 5 nitrogen and oxygen atoms in total. The van der Waals surface area contributed by atoms with E-state index in [1.807, 2.05) is 25.1 Å². The molecule has 0 radical (unpaired) electrons. The van der Waals surface area contributed by atoms with Gasteiger partial charge in [-0.3, -0.25) is 9.88 Å². The molecule has 1 aromatic rings. The molecule has 1 saturated heterocycles. The van der Waals surface area contributed by atoms with Crippen molar-refractivity contribution >= 4 is 6.03 Å². The van der Waals surface area contributed by atoms with Gasteiger partial charge < -0.3 is 10.6 Å². The molecular weight excluding hydrogens is 300 g/mol. The fourth-order valence-electron chi connectivity index (χ4n) is 3.18. The van der Waals surface area contributed by atoms with E-state index in [1.165, 1.54) is 0 Å². The van der Waals surface area contributed by atoms with Crippen molar-refractivity contribution in [1.29, 1.82) is 0 Å². The topological polar surface area (TPSA) is 57.3 Å². The monoisotopic (exact) mass is 330 g/mol. The lowest BCUT2D eigenvalue weighted by Crippen LogP contribution is -2.49. The number of piperidine rings is 1. The number of carbonyl (C=O) groups excluding carboxylic acids is 1. The van der Waals surface area contributed by atoms with Gasteiger partial charge in [-0.25, -0.2) is 4.79 Å². The molecule has 2 N–H and O–H groups in total. The standard InChI is InChI=1S/C19H30N4O/c1-5-11-23-12-8-16(9-13-23)21-19(24)22-17(14(2)3)18-15(4)7-6-10-20-18/h5-7,10,14,16-17H,1,8-9,11-13H2,2-4H3,(H2,21,22,24). The molecule has 0 spiro atoms. The van der Waals surface area contributed by atoms with Crippen LogP contribution >= 0.6 is 0 Å². The number of urea groups is 1. The van der Waals surface area contributed by atoms with Gasteiger partial charge in [0.2, 0.25) is 0 Å². The number of aromatic nitrogens is 1. The first-order valence-electron chi connectivity index (χ1n) is 8.83. The van der Waals surface area contributed by atoms with Gasteiger partial charge in [0, 0.05) is 31.9 Å². The summed E-state index contributed by atoms with van der Waals surface area (Å²) in [7, 11) is 0. The van der Waals surface area contributed by atoms with Gasteiger partial charge in [-0.05, 0) is 37.3 Å². The Morgan fingerprint density at radius 3 is 2.75 bits per heavy atom. The lowest BCUT2D eigenvalue weighted by molar-refractivity contribution is 0.200. The van der Waals surface area contributed by atoms with Crippen LogP contribution in [0.4, 0.5) is 4.79 Å². The Balaban J connectivity index is 1.90.